The Morgan fingerprint density at radius 3 is 1.83 bits per heavy atom. The second-order valence-corrected chi connectivity index (χ2v) is 9.14. The average Bonchev–Trinajstić information content (AvgIpc) is 2.68. The molecule has 0 radical (unpaired) electrons. The fraction of sp³-hybridized carbons (Fsp3) is 0. The van der Waals surface area contributed by atoms with Crippen molar-refractivity contribution >= 4 is 37.5 Å². The molecule has 9 nitrogen and oxygen atoms in total. The van der Waals surface area contributed by atoms with Crippen LogP contribution in [0.3, 0.4) is 0 Å². The van der Waals surface area contributed by atoms with E-state index < -0.39 is 26.0 Å². The second-order valence-electron chi connectivity index (χ2n) is 5.78. The van der Waals surface area contributed by atoms with Crippen molar-refractivity contribution in [2.75, 3.05) is 9.44 Å². The molecule has 2 aromatic carbocycles. The van der Waals surface area contributed by atoms with Gasteiger partial charge in [-0.25, -0.2) is 26.6 Å². The molecule has 0 spiro atoms. The lowest BCUT2D eigenvalue weighted by atomic mass is 10.2. The third-order valence-electron chi connectivity index (χ3n) is 3.73. The first kappa shape index (κ1) is 20.3. The number of anilines is 2. The molecule has 0 saturated heterocycles. The monoisotopic (exact) mass is 433 g/mol. The molecule has 0 aliphatic rings. The zero-order valence-corrected chi connectivity index (χ0v) is 16.3. The zero-order chi connectivity index (χ0) is 21.1. The van der Waals surface area contributed by atoms with Crippen LogP contribution in [0.5, 0.6) is 0 Å². The summed E-state index contributed by atoms with van der Waals surface area (Å²) in [5, 5.41) is 8.88. The molecule has 0 aliphatic carbocycles. The number of aromatic nitrogens is 1. The molecule has 1 heterocycles. The Labute approximate surface area is 167 Å². The molecule has 0 atom stereocenters. The van der Waals surface area contributed by atoms with Crippen LogP contribution in [0.15, 0.2) is 82.7 Å². The van der Waals surface area contributed by atoms with E-state index in [9.17, 15) is 21.6 Å². The predicted molar refractivity (Wildman–Crippen MR) is 106 cm³/mol. The molecular formula is C18H15N3O6S2. The molecular weight excluding hydrogens is 418 g/mol. The van der Waals surface area contributed by atoms with E-state index in [0.29, 0.717) is 0 Å². The Hall–Kier alpha value is -3.44. The molecule has 0 fully saturated rings. The van der Waals surface area contributed by atoms with Crippen LogP contribution in [0.25, 0.3) is 0 Å². The zero-order valence-electron chi connectivity index (χ0n) is 14.7. The summed E-state index contributed by atoms with van der Waals surface area (Å²) in [6.45, 7) is 0. The highest BCUT2D eigenvalue weighted by Gasteiger charge is 2.17. The highest BCUT2D eigenvalue weighted by atomic mass is 32.2. The lowest BCUT2D eigenvalue weighted by molar-refractivity contribution is 0.0696. The minimum atomic E-state index is -3.97. The normalized spacial score (nSPS) is 11.6. The van der Waals surface area contributed by atoms with Gasteiger partial charge in [-0.05, 0) is 60.7 Å². The summed E-state index contributed by atoms with van der Waals surface area (Å²) in [5.41, 5.74) is 0.100. The number of carbonyl (C=O) groups is 1. The predicted octanol–water partition coefficient (Wildman–Crippen LogP) is 2.38. The van der Waals surface area contributed by atoms with Crippen LogP contribution in [0.1, 0.15) is 10.4 Å². The Bertz CT molecular complexity index is 1230. The summed E-state index contributed by atoms with van der Waals surface area (Å²) in [7, 11) is -7.85. The number of sulfonamides is 2. The van der Waals surface area contributed by atoms with Gasteiger partial charge in [-0.15, -0.1) is 0 Å². The van der Waals surface area contributed by atoms with Gasteiger partial charge < -0.3 is 5.11 Å². The van der Waals surface area contributed by atoms with E-state index in [2.05, 4.69) is 14.4 Å². The van der Waals surface area contributed by atoms with Gasteiger partial charge in [0.25, 0.3) is 20.0 Å². The van der Waals surface area contributed by atoms with Gasteiger partial charge in [0.15, 0.2) is 0 Å². The molecule has 1 aromatic heterocycles. The lowest BCUT2D eigenvalue weighted by Crippen LogP contribution is -2.15. The first-order valence-electron chi connectivity index (χ1n) is 8.07. The van der Waals surface area contributed by atoms with Gasteiger partial charge in [0.2, 0.25) is 0 Å². The van der Waals surface area contributed by atoms with Gasteiger partial charge in [-0.3, -0.25) is 9.44 Å². The summed E-state index contributed by atoms with van der Waals surface area (Å²) in [6, 6.07) is 14.6. The molecule has 0 bridgehead atoms. The fourth-order valence-electron chi connectivity index (χ4n) is 2.31. The number of hydrogen-bond donors (Lipinski definition) is 3. The van der Waals surface area contributed by atoms with E-state index in [1.807, 2.05) is 0 Å². The number of carboxylic acid groups (broad SMARTS) is 1. The summed E-state index contributed by atoms with van der Waals surface area (Å²) >= 11 is 0. The topological polar surface area (TPSA) is 143 Å². The van der Waals surface area contributed by atoms with E-state index in [0.717, 1.165) is 0 Å². The molecule has 3 N–H and O–H groups in total. The molecule has 3 rings (SSSR count). The smallest absolute Gasteiger partial charge is 0.335 e. The molecule has 11 heteroatoms. The van der Waals surface area contributed by atoms with Crippen LogP contribution in [0.4, 0.5) is 11.5 Å². The number of pyridine rings is 1. The van der Waals surface area contributed by atoms with Crippen molar-refractivity contribution in [3.63, 3.8) is 0 Å². The number of nitrogens with zero attached hydrogens (tertiary/aromatic N) is 1. The van der Waals surface area contributed by atoms with Gasteiger partial charge in [0, 0.05) is 11.9 Å². The van der Waals surface area contributed by atoms with E-state index in [4.69, 9.17) is 5.11 Å². The number of rotatable bonds is 7. The maximum Gasteiger partial charge on any atom is 0.335 e. The number of aromatic carboxylic acids is 1. The van der Waals surface area contributed by atoms with E-state index in [1.165, 1.54) is 60.8 Å². The maximum atomic E-state index is 12.4. The number of hydrogen-bond acceptors (Lipinski definition) is 6. The van der Waals surface area contributed by atoms with Gasteiger partial charge in [0.1, 0.15) is 5.82 Å². The number of benzene rings is 2. The summed E-state index contributed by atoms with van der Waals surface area (Å²) in [6.07, 6.45) is 1.44. The van der Waals surface area contributed by atoms with Crippen molar-refractivity contribution in [1.29, 1.82) is 0 Å². The minimum Gasteiger partial charge on any atom is -0.478 e. The first-order valence-corrected chi connectivity index (χ1v) is 11.0. The standard InChI is InChI=1S/C18H15N3O6S2/c22-18(23)13-4-8-15(9-5-13)28(24,25)20-14-6-10-16(11-7-14)29(26,27)21-17-3-1-2-12-19-17/h1-12,20H,(H,19,21)(H,22,23). The fourth-order valence-corrected chi connectivity index (χ4v) is 4.38. The maximum absolute atomic E-state index is 12.4. The van der Waals surface area contributed by atoms with E-state index in [-0.39, 0.29) is 26.9 Å². The van der Waals surface area contributed by atoms with Crippen LogP contribution >= 0.6 is 0 Å². The van der Waals surface area contributed by atoms with E-state index in [1.54, 1.807) is 12.1 Å². The number of carboxylic acids is 1. The summed E-state index contributed by atoms with van der Waals surface area (Å²) < 4.78 is 54.2. The van der Waals surface area contributed by atoms with Gasteiger partial charge in [-0.1, -0.05) is 6.07 Å². The van der Waals surface area contributed by atoms with Crippen molar-refractivity contribution in [3.8, 4) is 0 Å². The van der Waals surface area contributed by atoms with Crippen LogP contribution in [0, 0.1) is 0 Å². The van der Waals surface area contributed by atoms with Crippen LogP contribution in [0.2, 0.25) is 0 Å². The Morgan fingerprint density at radius 1 is 0.759 bits per heavy atom. The largest absolute Gasteiger partial charge is 0.478 e. The molecule has 3 aromatic rings. The molecule has 0 amide bonds. The number of nitrogens with one attached hydrogen (secondary N) is 2. The summed E-state index contributed by atoms with van der Waals surface area (Å²) in [5.74, 6) is -1.01. The first-order chi connectivity index (χ1) is 13.7. The van der Waals surface area contributed by atoms with Crippen molar-refractivity contribution in [1.82, 2.24) is 4.98 Å². The Morgan fingerprint density at radius 2 is 1.31 bits per heavy atom. The third kappa shape index (κ3) is 4.89. The summed E-state index contributed by atoms with van der Waals surface area (Å²) in [4.78, 5) is 14.5. The highest BCUT2D eigenvalue weighted by Crippen LogP contribution is 2.20. The average molecular weight is 433 g/mol. The molecule has 0 unspecified atom stereocenters. The third-order valence-corrected chi connectivity index (χ3v) is 6.50. The lowest BCUT2D eigenvalue weighted by Gasteiger charge is -2.10. The SMILES string of the molecule is O=C(O)c1ccc(S(=O)(=O)Nc2ccc(S(=O)(=O)Nc3ccccn3)cc2)cc1. The Balaban J connectivity index is 1.76. The molecule has 0 saturated carbocycles. The van der Waals surface area contributed by atoms with Crippen molar-refractivity contribution in [2.24, 2.45) is 0 Å². The van der Waals surface area contributed by atoms with Crippen molar-refractivity contribution < 1.29 is 26.7 Å². The molecule has 150 valence electrons. The van der Waals surface area contributed by atoms with E-state index >= 15 is 0 Å². The van der Waals surface area contributed by atoms with Crippen LogP contribution in [-0.2, 0) is 20.0 Å². The minimum absolute atomic E-state index is 0.0427. The van der Waals surface area contributed by atoms with Crippen LogP contribution < -0.4 is 9.44 Å². The van der Waals surface area contributed by atoms with Gasteiger partial charge >= 0.3 is 5.97 Å². The van der Waals surface area contributed by atoms with Crippen molar-refractivity contribution in [2.45, 2.75) is 9.79 Å². The Kier molecular flexibility index (Phi) is 5.52. The quantitative estimate of drug-likeness (QED) is 0.519. The molecule has 29 heavy (non-hydrogen) atoms. The van der Waals surface area contributed by atoms with Crippen LogP contribution in [-0.4, -0.2) is 32.9 Å². The van der Waals surface area contributed by atoms with Crippen molar-refractivity contribution in [3.05, 3.63) is 78.5 Å². The molecule has 0 aliphatic heterocycles. The second kappa shape index (κ2) is 7.89. The highest BCUT2D eigenvalue weighted by molar-refractivity contribution is 7.93. The van der Waals surface area contributed by atoms with Gasteiger partial charge in [-0.2, -0.15) is 0 Å². The van der Waals surface area contributed by atoms with Gasteiger partial charge in [0.05, 0.1) is 15.4 Å².